The molecule has 0 bridgehead atoms. The summed E-state index contributed by atoms with van der Waals surface area (Å²) in [6, 6.07) is 3.92. The molecule has 1 N–H and O–H groups in total. The number of hydrogen-bond acceptors (Lipinski definition) is 2. The molecule has 1 aromatic rings. The van der Waals surface area contributed by atoms with Crippen LogP contribution in [0.4, 0.5) is 5.69 Å². The van der Waals surface area contributed by atoms with Crippen LogP contribution in [0.25, 0.3) is 0 Å². The summed E-state index contributed by atoms with van der Waals surface area (Å²) < 4.78 is 0. The van der Waals surface area contributed by atoms with E-state index >= 15 is 0 Å². The highest BCUT2D eigenvalue weighted by Crippen LogP contribution is 2.27. The van der Waals surface area contributed by atoms with Gasteiger partial charge in [0.15, 0.2) is 0 Å². The maximum Gasteiger partial charge on any atom is 0.310 e. The number of hydrogen-bond donors (Lipinski definition) is 1. The number of anilines is 1. The van der Waals surface area contributed by atoms with Crippen LogP contribution in [-0.2, 0) is 4.79 Å². The normalized spacial score (nSPS) is 12.3. The Morgan fingerprint density at radius 2 is 1.88 bits per heavy atom. The van der Waals surface area contributed by atoms with E-state index in [4.69, 9.17) is 5.11 Å². The molecule has 88 valence electrons. The highest BCUT2D eigenvalue weighted by Gasteiger charge is 2.16. The van der Waals surface area contributed by atoms with Crippen LogP contribution < -0.4 is 4.90 Å². The molecule has 0 aliphatic heterocycles. The maximum absolute atomic E-state index is 11.0. The van der Waals surface area contributed by atoms with Gasteiger partial charge in [0.1, 0.15) is 0 Å². The zero-order chi connectivity index (χ0) is 12.5. The van der Waals surface area contributed by atoms with Crippen LogP contribution in [0.3, 0.4) is 0 Å². The number of nitrogens with zero attached hydrogens (tertiary/aromatic N) is 1. The number of carboxylic acids is 1. The molecule has 1 rings (SSSR count). The molecule has 0 fully saturated rings. The molecule has 0 heterocycles. The monoisotopic (exact) mass is 221 g/mol. The molecule has 0 aromatic heterocycles. The Balaban J connectivity index is 3.29. The molecule has 3 nitrogen and oxygen atoms in total. The topological polar surface area (TPSA) is 40.5 Å². The smallest absolute Gasteiger partial charge is 0.310 e. The first-order chi connectivity index (χ1) is 7.34. The Morgan fingerprint density at radius 3 is 2.31 bits per heavy atom. The molecule has 0 saturated heterocycles. The summed E-state index contributed by atoms with van der Waals surface area (Å²) in [5, 5.41) is 9.01. The third kappa shape index (κ3) is 2.35. The van der Waals surface area contributed by atoms with Gasteiger partial charge in [0.25, 0.3) is 0 Å². The number of carboxylic acid groups (broad SMARTS) is 1. The van der Waals surface area contributed by atoms with Gasteiger partial charge in [-0.2, -0.15) is 0 Å². The minimum absolute atomic E-state index is 0.460. The standard InChI is InChI=1S/C13H19NO2/c1-8-6-11(10(3)13(15)16)7-12(9(8)2)14(4)5/h6-7,10H,1-5H3,(H,15,16). The van der Waals surface area contributed by atoms with Crippen LogP contribution in [0.15, 0.2) is 12.1 Å². The van der Waals surface area contributed by atoms with Gasteiger partial charge in [-0.1, -0.05) is 6.07 Å². The van der Waals surface area contributed by atoms with E-state index in [1.54, 1.807) is 6.92 Å². The summed E-state index contributed by atoms with van der Waals surface area (Å²) in [6.45, 7) is 5.78. The van der Waals surface area contributed by atoms with E-state index in [1.165, 1.54) is 5.56 Å². The summed E-state index contributed by atoms with van der Waals surface area (Å²) in [5.74, 6) is -1.24. The lowest BCUT2D eigenvalue weighted by Gasteiger charge is -2.20. The Kier molecular flexibility index (Phi) is 3.58. The van der Waals surface area contributed by atoms with Crippen molar-refractivity contribution in [2.24, 2.45) is 0 Å². The average molecular weight is 221 g/mol. The lowest BCUT2D eigenvalue weighted by atomic mass is 9.95. The Bertz CT molecular complexity index is 411. The van der Waals surface area contributed by atoms with Gasteiger partial charge in [-0.15, -0.1) is 0 Å². The third-order valence-electron chi connectivity index (χ3n) is 3.01. The fourth-order valence-corrected chi connectivity index (χ4v) is 1.73. The first-order valence-electron chi connectivity index (χ1n) is 5.36. The van der Waals surface area contributed by atoms with Gasteiger partial charge in [0.05, 0.1) is 5.92 Å². The molecule has 1 aromatic carbocycles. The van der Waals surface area contributed by atoms with Gasteiger partial charge < -0.3 is 10.0 Å². The molecule has 0 aliphatic rings. The van der Waals surface area contributed by atoms with Crippen LogP contribution >= 0.6 is 0 Å². The van der Waals surface area contributed by atoms with Crippen molar-refractivity contribution in [1.29, 1.82) is 0 Å². The summed E-state index contributed by atoms with van der Waals surface area (Å²) in [5.41, 5.74) is 4.28. The SMILES string of the molecule is Cc1cc(C(C)C(=O)O)cc(N(C)C)c1C. The van der Waals surface area contributed by atoms with E-state index in [0.29, 0.717) is 0 Å². The van der Waals surface area contributed by atoms with Crippen molar-refractivity contribution in [3.05, 3.63) is 28.8 Å². The summed E-state index contributed by atoms with van der Waals surface area (Å²) in [4.78, 5) is 13.0. The fraction of sp³-hybridized carbons (Fsp3) is 0.462. The van der Waals surface area contributed by atoms with E-state index in [-0.39, 0.29) is 0 Å². The molecule has 0 saturated carbocycles. The molecule has 1 unspecified atom stereocenters. The first-order valence-corrected chi connectivity index (χ1v) is 5.36. The predicted octanol–water partition coefficient (Wildman–Crippen LogP) is 2.56. The average Bonchev–Trinajstić information content (AvgIpc) is 2.20. The second-order valence-electron chi connectivity index (χ2n) is 4.44. The summed E-state index contributed by atoms with van der Waals surface area (Å²) in [7, 11) is 3.94. The second kappa shape index (κ2) is 4.56. The predicted molar refractivity (Wildman–Crippen MR) is 66.3 cm³/mol. The number of rotatable bonds is 3. The molecule has 1 atom stereocenters. The van der Waals surface area contributed by atoms with E-state index < -0.39 is 11.9 Å². The number of benzene rings is 1. The van der Waals surface area contributed by atoms with Crippen molar-refractivity contribution in [3.8, 4) is 0 Å². The van der Waals surface area contributed by atoms with Gasteiger partial charge in [0, 0.05) is 19.8 Å². The maximum atomic E-state index is 11.0. The first kappa shape index (κ1) is 12.6. The third-order valence-corrected chi connectivity index (χ3v) is 3.01. The zero-order valence-electron chi connectivity index (χ0n) is 10.5. The van der Waals surface area contributed by atoms with Gasteiger partial charge in [-0.05, 0) is 43.5 Å². The highest BCUT2D eigenvalue weighted by molar-refractivity contribution is 5.76. The van der Waals surface area contributed by atoms with Crippen LogP contribution in [0.1, 0.15) is 29.5 Å². The summed E-state index contributed by atoms with van der Waals surface area (Å²) in [6.07, 6.45) is 0. The Hall–Kier alpha value is -1.51. The lowest BCUT2D eigenvalue weighted by Crippen LogP contribution is -2.14. The molecular formula is C13H19NO2. The van der Waals surface area contributed by atoms with Gasteiger partial charge in [-0.25, -0.2) is 0 Å². The largest absolute Gasteiger partial charge is 0.481 e. The van der Waals surface area contributed by atoms with Crippen molar-refractivity contribution < 1.29 is 9.90 Å². The van der Waals surface area contributed by atoms with E-state index in [2.05, 4.69) is 6.92 Å². The number of aliphatic carboxylic acids is 1. The van der Waals surface area contributed by atoms with Gasteiger partial charge in [0.2, 0.25) is 0 Å². The molecule has 0 spiro atoms. The van der Waals surface area contributed by atoms with Crippen molar-refractivity contribution >= 4 is 11.7 Å². The molecule has 3 heteroatoms. The zero-order valence-corrected chi connectivity index (χ0v) is 10.5. The van der Waals surface area contributed by atoms with E-state index in [1.807, 2.05) is 38.1 Å². The molecular weight excluding hydrogens is 202 g/mol. The number of aryl methyl sites for hydroxylation is 1. The van der Waals surface area contributed by atoms with Crippen molar-refractivity contribution in [3.63, 3.8) is 0 Å². The Morgan fingerprint density at radius 1 is 1.31 bits per heavy atom. The van der Waals surface area contributed by atoms with E-state index in [0.717, 1.165) is 16.8 Å². The van der Waals surface area contributed by atoms with Gasteiger partial charge >= 0.3 is 5.97 Å². The van der Waals surface area contributed by atoms with Crippen molar-refractivity contribution in [1.82, 2.24) is 0 Å². The number of carbonyl (C=O) groups is 1. The van der Waals surface area contributed by atoms with Crippen LogP contribution in [0.5, 0.6) is 0 Å². The van der Waals surface area contributed by atoms with Gasteiger partial charge in [-0.3, -0.25) is 4.79 Å². The van der Waals surface area contributed by atoms with Crippen LogP contribution in [0, 0.1) is 13.8 Å². The quantitative estimate of drug-likeness (QED) is 0.852. The summed E-state index contributed by atoms with van der Waals surface area (Å²) >= 11 is 0. The molecule has 0 radical (unpaired) electrons. The van der Waals surface area contributed by atoms with Crippen LogP contribution in [-0.4, -0.2) is 25.2 Å². The lowest BCUT2D eigenvalue weighted by molar-refractivity contribution is -0.138. The van der Waals surface area contributed by atoms with Crippen LogP contribution in [0.2, 0.25) is 0 Å². The molecule has 0 aliphatic carbocycles. The minimum Gasteiger partial charge on any atom is -0.481 e. The Labute approximate surface area is 96.7 Å². The molecule has 0 amide bonds. The fourth-order valence-electron chi connectivity index (χ4n) is 1.73. The molecule has 16 heavy (non-hydrogen) atoms. The van der Waals surface area contributed by atoms with Crippen molar-refractivity contribution in [2.75, 3.05) is 19.0 Å². The van der Waals surface area contributed by atoms with Crippen molar-refractivity contribution in [2.45, 2.75) is 26.7 Å². The van der Waals surface area contributed by atoms with E-state index in [9.17, 15) is 4.79 Å². The second-order valence-corrected chi connectivity index (χ2v) is 4.44. The minimum atomic E-state index is -0.784. The highest BCUT2D eigenvalue weighted by atomic mass is 16.4.